The van der Waals surface area contributed by atoms with E-state index in [-0.39, 0.29) is 6.61 Å². The van der Waals surface area contributed by atoms with Gasteiger partial charge in [-0.1, -0.05) is 18.2 Å². The predicted molar refractivity (Wildman–Crippen MR) is 73.1 cm³/mol. The normalized spacial score (nSPS) is 14.6. The molecule has 100 valence electrons. The number of para-hydroxylation sites is 1. The van der Waals surface area contributed by atoms with Gasteiger partial charge in [-0.3, -0.25) is 0 Å². The second-order valence-corrected chi connectivity index (χ2v) is 4.92. The first-order valence-corrected chi connectivity index (χ1v) is 6.72. The molecule has 4 heteroatoms. The number of aliphatic hydroxyl groups excluding tert-OH is 1. The van der Waals surface area contributed by atoms with Gasteiger partial charge >= 0.3 is 0 Å². The van der Waals surface area contributed by atoms with E-state index in [1.165, 1.54) is 12.8 Å². The van der Waals surface area contributed by atoms with Crippen LogP contribution >= 0.6 is 0 Å². The molecule has 1 fully saturated rings. The molecule has 4 nitrogen and oxygen atoms in total. The highest BCUT2D eigenvalue weighted by atomic mass is 16.4. The average molecular weight is 258 g/mol. The molecule has 0 aliphatic heterocycles. The molecule has 1 aliphatic carbocycles. The third-order valence-electron chi connectivity index (χ3n) is 3.34. The zero-order valence-corrected chi connectivity index (χ0v) is 10.8. The highest BCUT2D eigenvalue weighted by Crippen LogP contribution is 2.39. The van der Waals surface area contributed by atoms with Crippen LogP contribution in [0.5, 0.6) is 0 Å². The van der Waals surface area contributed by atoms with Gasteiger partial charge in [0.15, 0.2) is 5.89 Å². The van der Waals surface area contributed by atoms with Crippen molar-refractivity contribution in [3.8, 4) is 0 Å². The molecule has 1 heterocycles. The molecule has 1 aromatic heterocycles. The molecule has 0 amide bonds. The molecule has 1 N–H and O–H groups in total. The Labute approximate surface area is 112 Å². The van der Waals surface area contributed by atoms with Crippen molar-refractivity contribution in [2.75, 3.05) is 18.1 Å². The van der Waals surface area contributed by atoms with Crippen molar-refractivity contribution in [1.82, 2.24) is 4.98 Å². The number of oxazole rings is 1. The zero-order valence-electron chi connectivity index (χ0n) is 10.8. The molecule has 1 aliphatic rings. The van der Waals surface area contributed by atoms with Crippen molar-refractivity contribution in [2.45, 2.75) is 25.3 Å². The summed E-state index contributed by atoms with van der Waals surface area (Å²) in [5, 5.41) is 9.19. The van der Waals surface area contributed by atoms with Gasteiger partial charge in [0.25, 0.3) is 0 Å². The smallest absolute Gasteiger partial charge is 0.197 e. The highest BCUT2D eigenvalue weighted by molar-refractivity contribution is 5.46. The van der Waals surface area contributed by atoms with Crippen molar-refractivity contribution in [1.29, 1.82) is 0 Å². The summed E-state index contributed by atoms with van der Waals surface area (Å²) in [6.07, 6.45) is 4.19. The fourth-order valence-electron chi connectivity index (χ4n) is 2.16. The van der Waals surface area contributed by atoms with Gasteiger partial charge in [0.2, 0.25) is 0 Å². The third-order valence-corrected chi connectivity index (χ3v) is 3.34. The van der Waals surface area contributed by atoms with Gasteiger partial charge in [-0.25, -0.2) is 4.98 Å². The minimum atomic E-state index is 0.124. The van der Waals surface area contributed by atoms with E-state index in [0.717, 1.165) is 17.3 Å². The Hall–Kier alpha value is -1.81. The van der Waals surface area contributed by atoms with Crippen LogP contribution in [-0.2, 0) is 6.54 Å². The summed E-state index contributed by atoms with van der Waals surface area (Å²) in [4.78, 5) is 6.42. The van der Waals surface area contributed by atoms with Crippen LogP contribution in [0.1, 0.15) is 30.4 Å². The number of hydrogen-bond donors (Lipinski definition) is 1. The van der Waals surface area contributed by atoms with Gasteiger partial charge in [-0.2, -0.15) is 0 Å². The van der Waals surface area contributed by atoms with E-state index in [0.29, 0.717) is 19.0 Å². The molecule has 2 aromatic rings. The van der Waals surface area contributed by atoms with Crippen LogP contribution in [-0.4, -0.2) is 23.2 Å². The van der Waals surface area contributed by atoms with E-state index < -0.39 is 0 Å². The van der Waals surface area contributed by atoms with E-state index in [2.05, 4.69) is 9.88 Å². The van der Waals surface area contributed by atoms with E-state index in [1.807, 2.05) is 30.3 Å². The summed E-state index contributed by atoms with van der Waals surface area (Å²) >= 11 is 0. The number of anilines is 1. The second kappa shape index (κ2) is 5.45. The van der Waals surface area contributed by atoms with Gasteiger partial charge in [0.1, 0.15) is 5.76 Å². The molecular weight excluding hydrogens is 240 g/mol. The Bertz CT molecular complexity index is 520. The van der Waals surface area contributed by atoms with E-state index >= 15 is 0 Å². The lowest BCUT2D eigenvalue weighted by molar-refractivity contribution is 0.300. The minimum absolute atomic E-state index is 0.124. The Kier molecular flexibility index (Phi) is 3.51. The topological polar surface area (TPSA) is 49.5 Å². The maximum Gasteiger partial charge on any atom is 0.197 e. The van der Waals surface area contributed by atoms with Gasteiger partial charge in [-0.05, 0) is 25.0 Å². The summed E-state index contributed by atoms with van der Waals surface area (Å²) in [6.45, 7) is 1.35. The first-order chi connectivity index (χ1) is 9.36. The summed E-state index contributed by atoms with van der Waals surface area (Å²) < 4.78 is 5.77. The molecule has 1 saturated carbocycles. The summed E-state index contributed by atoms with van der Waals surface area (Å²) in [5.41, 5.74) is 1.08. The van der Waals surface area contributed by atoms with Crippen molar-refractivity contribution in [2.24, 2.45) is 0 Å². The Balaban J connectivity index is 1.73. The SMILES string of the molecule is OCCN(Cc1cnc(C2CC2)o1)c1ccccc1. The van der Waals surface area contributed by atoms with Crippen LogP contribution in [0.15, 0.2) is 40.9 Å². The first-order valence-electron chi connectivity index (χ1n) is 6.72. The number of aromatic nitrogens is 1. The predicted octanol–water partition coefficient (Wildman–Crippen LogP) is 2.55. The monoisotopic (exact) mass is 258 g/mol. The van der Waals surface area contributed by atoms with Crippen molar-refractivity contribution in [3.63, 3.8) is 0 Å². The van der Waals surface area contributed by atoms with Crippen LogP contribution in [0.3, 0.4) is 0 Å². The molecule has 0 unspecified atom stereocenters. The molecule has 0 bridgehead atoms. The average Bonchev–Trinajstić information content (AvgIpc) is 3.20. The second-order valence-electron chi connectivity index (χ2n) is 4.92. The fourth-order valence-corrected chi connectivity index (χ4v) is 2.16. The largest absolute Gasteiger partial charge is 0.444 e. The molecule has 1 aromatic carbocycles. The van der Waals surface area contributed by atoms with Crippen LogP contribution < -0.4 is 4.90 Å². The van der Waals surface area contributed by atoms with Gasteiger partial charge in [-0.15, -0.1) is 0 Å². The minimum Gasteiger partial charge on any atom is -0.444 e. The summed E-state index contributed by atoms with van der Waals surface area (Å²) in [7, 11) is 0. The third kappa shape index (κ3) is 2.96. The lowest BCUT2D eigenvalue weighted by Crippen LogP contribution is -2.25. The van der Waals surface area contributed by atoms with Crippen molar-refractivity contribution in [3.05, 3.63) is 48.2 Å². The Morgan fingerprint density at radius 1 is 1.26 bits per heavy atom. The number of hydrogen-bond acceptors (Lipinski definition) is 4. The number of aliphatic hydroxyl groups is 1. The Morgan fingerprint density at radius 2 is 2.05 bits per heavy atom. The van der Waals surface area contributed by atoms with Crippen LogP contribution in [0, 0.1) is 0 Å². The van der Waals surface area contributed by atoms with Crippen molar-refractivity contribution >= 4 is 5.69 Å². The quantitative estimate of drug-likeness (QED) is 0.865. The van der Waals surface area contributed by atoms with Crippen LogP contribution in [0.25, 0.3) is 0 Å². The first kappa shape index (κ1) is 12.2. The molecule has 3 rings (SSSR count). The molecule has 0 saturated heterocycles. The van der Waals surface area contributed by atoms with Gasteiger partial charge < -0.3 is 14.4 Å². The van der Waals surface area contributed by atoms with Gasteiger partial charge in [0, 0.05) is 18.2 Å². The number of rotatable bonds is 6. The lowest BCUT2D eigenvalue weighted by Gasteiger charge is -2.22. The molecular formula is C15H18N2O2. The summed E-state index contributed by atoms with van der Waals surface area (Å²) in [6, 6.07) is 10.0. The highest BCUT2D eigenvalue weighted by Gasteiger charge is 2.28. The van der Waals surface area contributed by atoms with E-state index in [1.54, 1.807) is 6.20 Å². The standard InChI is InChI=1S/C15H18N2O2/c18-9-8-17(13-4-2-1-3-5-13)11-14-10-16-15(19-14)12-6-7-12/h1-5,10,12,18H,6-9,11H2. The molecule has 0 spiro atoms. The lowest BCUT2D eigenvalue weighted by atomic mass is 10.2. The Morgan fingerprint density at radius 3 is 2.74 bits per heavy atom. The molecule has 0 radical (unpaired) electrons. The number of benzene rings is 1. The maximum absolute atomic E-state index is 9.19. The van der Waals surface area contributed by atoms with Gasteiger partial charge in [0.05, 0.1) is 19.3 Å². The number of nitrogens with zero attached hydrogens (tertiary/aromatic N) is 2. The zero-order chi connectivity index (χ0) is 13.1. The molecule has 19 heavy (non-hydrogen) atoms. The molecule has 0 atom stereocenters. The van der Waals surface area contributed by atoms with Crippen molar-refractivity contribution < 1.29 is 9.52 Å². The fraction of sp³-hybridized carbons (Fsp3) is 0.400. The van der Waals surface area contributed by atoms with Crippen LogP contribution in [0.4, 0.5) is 5.69 Å². The van der Waals surface area contributed by atoms with E-state index in [4.69, 9.17) is 4.42 Å². The maximum atomic E-state index is 9.19. The van der Waals surface area contributed by atoms with Crippen LogP contribution in [0.2, 0.25) is 0 Å². The van der Waals surface area contributed by atoms with E-state index in [9.17, 15) is 5.11 Å². The summed E-state index contributed by atoms with van der Waals surface area (Å²) in [5.74, 6) is 2.27.